The highest BCUT2D eigenvalue weighted by Gasteiger charge is 2.56. The lowest BCUT2D eigenvalue weighted by atomic mass is 9.35. The number of aryl methyl sites for hydroxylation is 1. The summed E-state index contributed by atoms with van der Waals surface area (Å²) < 4.78 is 2.78. The van der Waals surface area contributed by atoms with E-state index in [1.54, 1.807) is 11.6 Å². The van der Waals surface area contributed by atoms with Crippen molar-refractivity contribution >= 4 is 52.0 Å². The number of terminal acetylenes is 1. The summed E-state index contributed by atoms with van der Waals surface area (Å²) >= 11 is 0. The van der Waals surface area contributed by atoms with E-state index >= 15 is 0 Å². The molecule has 1 N–H and O–H groups in total. The Morgan fingerprint density at radius 1 is 0.843 bits per heavy atom. The van der Waals surface area contributed by atoms with E-state index in [9.17, 15) is 0 Å². The Balaban J connectivity index is 1.41. The molecule has 3 unspecified atom stereocenters. The predicted molar refractivity (Wildman–Crippen MR) is 302 cm³/mol. The number of hydrogen-bond acceptors (Lipinski definition) is 0. The van der Waals surface area contributed by atoms with Crippen LogP contribution in [0.2, 0.25) is 0 Å². The summed E-state index contributed by atoms with van der Waals surface area (Å²) in [4.78, 5) is 4.09. The van der Waals surface area contributed by atoms with Gasteiger partial charge in [0, 0.05) is 28.6 Å². The first-order valence-electron chi connectivity index (χ1n) is 25.6. The molecule has 3 atom stereocenters. The summed E-state index contributed by atoms with van der Waals surface area (Å²) in [6.45, 7) is 21.1. The number of benzene rings is 4. The predicted octanol–water partition coefficient (Wildman–Crippen LogP) is 16.1. The van der Waals surface area contributed by atoms with Gasteiger partial charge in [0.2, 0.25) is 0 Å². The maximum atomic E-state index is 5.69. The fourth-order valence-electron chi connectivity index (χ4n) is 13.6. The van der Waals surface area contributed by atoms with Gasteiger partial charge in [-0.25, -0.2) is 0 Å². The highest BCUT2D eigenvalue weighted by molar-refractivity contribution is 6.84. The van der Waals surface area contributed by atoms with Crippen LogP contribution in [0, 0.1) is 38.0 Å². The number of allylic oxidation sites excluding steroid dienone is 15. The van der Waals surface area contributed by atoms with Crippen LogP contribution in [0.25, 0.3) is 50.8 Å². The molecular weight excluding hydrogens is 844 g/mol. The zero-order valence-electron chi connectivity index (χ0n) is 42.2. The van der Waals surface area contributed by atoms with Crippen molar-refractivity contribution in [2.45, 2.75) is 96.8 Å². The van der Waals surface area contributed by atoms with Crippen molar-refractivity contribution in [1.82, 2.24) is 9.46 Å². The lowest BCUT2D eigenvalue weighted by Crippen LogP contribution is -2.57. The molecule has 0 bridgehead atoms. The number of aromatic amines is 1. The van der Waals surface area contributed by atoms with E-state index in [-0.39, 0.29) is 29.0 Å². The van der Waals surface area contributed by atoms with Gasteiger partial charge in [0.15, 0.2) is 0 Å². The molecule has 6 aliphatic rings. The first-order chi connectivity index (χ1) is 33.9. The molecule has 2 nitrogen and oxygen atoms in total. The van der Waals surface area contributed by atoms with E-state index in [4.69, 9.17) is 6.42 Å². The van der Waals surface area contributed by atoms with Crippen LogP contribution in [0.1, 0.15) is 111 Å². The van der Waals surface area contributed by atoms with Crippen molar-refractivity contribution in [2.24, 2.45) is 11.8 Å². The van der Waals surface area contributed by atoms with E-state index < -0.39 is 0 Å². The average Bonchev–Trinajstić information content (AvgIpc) is 3.91. The van der Waals surface area contributed by atoms with Gasteiger partial charge < -0.3 is 9.46 Å². The average molecular weight is 909 g/mol. The molecule has 3 heteroatoms. The van der Waals surface area contributed by atoms with E-state index in [1.807, 2.05) is 12.2 Å². The van der Waals surface area contributed by atoms with Gasteiger partial charge in [-0.3, -0.25) is 0 Å². The van der Waals surface area contributed by atoms with Gasteiger partial charge in [0.05, 0.1) is 11.0 Å². The number of rotatable bonds is 6. The van der Waals surface area contributed by atoms with Crippen LogP contribution in [-0.2, 0) is 16.2 Å². The molecule has 1 aromatic heterocycles. The molecule has 70 heavy (non-hydrogen) atoms. The topological polar surface area (TPSA) is 20.7 Å². The number of H-pyrrole nitrogens is 1. The quantitative estimate of drug-likeness (QED) is 0.0996. The van der Waals surface area contributed by atoms with Gasteiger partial charge in [-0.1, -0.05) is 198 Å². The van der Waals surface area contributed by atoms with Gasteiger partial charge in [-0.05, 0) is 159 Å². The van der Waals surface area contributed by atoms with Crippen molar-refractivity contribution < 1.29 is 0 Å². The monoisotopic (exact) mass is 909 g/mol. The molecule has 4 aliphatic carbocycles. The highest BCUT2D eigenvalue weighted by atomic mass is 14.9. The van der Waals surface area contributed by atoms with Crippen molar-refractivity contribution in [1.29, 1.82) is 0 Å². The van der Waals surface area contributed by atoms with E-state index in [1.165, 1.54) is 83.0 Å². The van der Waals surface area contributed by atoms with Gasteiger partial charge in [0.25, 0.3) is 0 Å². The molecule has 5 aromatic rings. The summed E-state index contributed by atoms with van der Waals surface area (Å²) in [5.41, 5.74) is 23.2. The van der Waals surface area contributed by atoms with Crippen LogP contribution in [-0.4, -0.2) is 16.3 Å². The number of fused-ring (bicyclic) bond motifs is 7. The first-order valence-corrected chi connectivity index (χ1v) is 25.6. The van der Waals surface area contributed by atoms with Crippen LogP contribution in [0.4, 0.5) is 0 Å². The third-order valence-corrected chi connectivity index (χ3v) is 17.0. The van der Waals surface area contributed by atoms with Gasteiger partial charge in [0.1, 0.15) is 0 Å². The summed E-state index contributed by atoms with van der Waals surface area (Å²) in [6, 6.07) is 32.9. The molecule has 2 aliphatic heterocycles. The van der Waals surface area contributed by atoms with Crippen molar-refractivity contribution in [2.75, 3.05) is 0 Å². The largest absolute Gasteiger partial charge is 0.374 e. The molecule has 11 rings (SSSR count). The van der Waals surface area contributed by atoms with Crippen LogP contribution >= 0.6 is 0 Å². The Kier molecular flexibility index (Phi) is 11.3. The Labute approximate surface area is 417 Å². The van der Waals surface area contributed by atoms with Crippen LogP contribution in [0.3, 0.4) is 0 Å². The highest BCUT2D eigenvalue weighted by Crippen LogP contribution is 2.60. The minimum Gasteiger partial charge on any atom is -0.374 e. The maximum Gasteiger partial charge on any atom is 0.329 e. The molecule has 0 spiro atoms. The Morgan fingerprint density at radius 3 is 2.41 bits per heavy atom. The molecule has 0 radical (unpaired) electrons. The molecular formula is C67H65BN2. The Hall–Kier alpha value is -7.02. The first kappa shape index (κ1) is 45.4. The lowest BCUT2D eigenvalue weighted by molar-refractivity contribution is 0.332. The third kappa shape index (κ3) is 7.01. The van der Waals surface area contributed by atoms with Crippen molar-refractivity contribution in [3.63, 3.8) is 0 Å². The second-order valence-electron chi connectivity index (χ2n) is 21.9. The smallest absolute Gasteiger partial charge is 0.329 e. The minimum absolute atomic E-state index is 0.00742. The van der Waals surface area contributed by atoms with E-state index in [2.05, 4.69) is 222 Å². The standard InChI is InChI=1S/C67H65BN2/c1-10-12-13-14-25-47-35-36-50-45(4)41-58-55(65(6,7)38-39-66(58,8)9)37-40-69-60-43-53(51-29-19-16-26-48(51)11-2)46(5)62-52-30-23-33-57-63(52)68(70(64(60)62)61(50)42-47)59-34-22-21-32-56(59)67(57,49-27-17-18-28-49)54-31-20-15-24-44(54)3/h1,11-22,24-27,29-32,34-37,40-44,54,69H,2,23,28,33,38-39H2,3-9H3/b13-12-,25-14-,40-37?,45-41?. The molecule has 346 valence electrons. The summed E-state index contributed by atoms with van der Waals surface area (Å²) in [6.07, 6.45) is 42.4. The summed E-state index contributed by atoms with van der Waals surface area (Å²) in [7, 11) is 0. The minimum atomic E-state index is -0.338. The SMILES string of the molecule is C#C/C=C\C=C/c1ccc2c(C)cc3c(cc[nH]c4cc(-c5ccccc5C=C)c(C)c5c4n(c2c1)B1C2=C(CCC=C25)C(C2=CC=CC2)(C2C=CC=CC2C)c2ccccc21)C(C)(C)CCC3(C)C. The van der Waals surface area contributed by atoms with Crippen molar-refractivity contribution in [3.8, 4) is 23.5 Å². The van der Waals surface area contributed by atoms with Crippen molar-refractivity contribution in [3.05, 3.63) is 226 Å². The summed E-state index contributed by atoms with van der Waals surface area (Å²) in [5, 5.41) is 1.24. The zero-order chi connectivity index (χ0) is 48.5. The number of aromatic nitrogens is 2. The van der Waals surface area contributed by atoms with Crippen LogP contribution < -0.4 is 5.46 Å². The van der Waals surface area contributed by atoms with Crippen LogP contribution in [0.15, 0.2) is 181 Å². The molecule has 0 saturated heterocycles. The Bertz CT molecular complexity index is 3490. The second-order valence-corrected chi connectivity index (χ2v) is 21.9. The van der Waals surface area contributed by atoms with Gasteiger partial charge in [-0.15, -0.1) is 6.42 Å². The van der Waals surface area contributed by atoms with Gasteiger partial charge >= 0.3 is 6.85 Å². The fourth-order valence-corrected chi connectivity index (χ4v) is 13.6. The fraction of sp³-hybridized carbons (Fsp3) is 0.254. The molecule has 3 heterocycles. The molecule has 0 saturated carbocycles. The number of nitrogens with zero attached hydrogens (tertiary/aromatic N) is 1. The Morgan fingerprint density at radius 2 is 1.63 bits per heavy atom. The van der Waals surface area contributed by atoms with Crippen LogP contribution in [0.5, 0.6) is 0 Å². The maximum absolute atomic E-state index is 5.69. The summed E-state index contributed by atoms with van der Waals surface area (Å²) in [5.74, 6) is 3.25. The second kappa shape index (κ2) is 17.4. The van der Waals surface area contributed by atoms with E-state index in [0.717, 1.165) is 48.7 Å². The normalized spacial score (nSPS) is 22.1. The third-order valence-electron chi connectivity index (χ3n) is 17.0. The number of hydrogen-bond donors (Lipinski definition) is 1. The lowest BCUT2D eigenvalue weighted by Gasteiger charge is -2.54. The molecule has 4 aromatic carbocycles. The van der Waals surface area contributed by atoms with Gasteiger partial charge in [-0.2, -0.15) is 0 Å². The number of nitrogens with one attached hydrogen (secondary N) is 1. The molecule has 0 amide bonds. The zero-order valence-corrected chi connectivity index (χ0v) is 42.2. The van der Waals surface area contributed by atoms with E-state index in [0.29, 0.717) is 5.92 Å². The molecule has 0 fully saturated rings.